The molecule has 3 rings (SSSR count). The van der Waals surface area contributed by atoms with Crippen LogP contribution in [0.3, 0.4) is 0 Å². The fraction of sp³-hybridized carbons (Fsp3) is 0.368. The summed E-state index contributed by atoms with van der Waals surface area (Å²) in [4.78, 5) is 24.0. The monoisotopic (exact) mass is 385 g/mol. The van der Waals surface area contributed by atoms with E-state index in [9.17, 15) is 9.59 Å². The molecule has 0 aliphatic heterocycles. The number of anilines is 1. The molecule has 0 spiro atoms. The van der Waals surface area contributed by atoms with Gasteiger partial charge in [0, 0.05) is 30.8 Å². The molecule has 0 saturated heterocycles. The zero-order chi connectivity index (χ0) is 20.3. The number of ether oxygens (including phenoxy) is 1. The van der Waals surface area contributed by atoms with E-state index in [4.69, 9.17) is 9.15 Å². The van der Waals surface area contributed by atoms with Crippen LogP contribution in [0.25, 0.3) is 11.0 Å². The molecule has 2 N–H and O–H groups in total. The van der Waals surface area contributed by atoms with Gasteiger partial charge in [-0.15, -0.1) is 10.2 Å². The van der Waals surface area contributed by atoms with Gasteiger partial charge in [-0.3, -0.25) is 0 Å². The van der Waals surface area contributed by atoms with Gasteiger partial charge in [0.1, 0.15) is 11.9 Å². The normalized spacial score (nSPS) is 12.1. The minimum absolute atomic E-state index is 0.347. The van der Waals surface area contributed by atoms with Crippen LogP contribution < -0.4 is 16.3 Å². The highest BCUT2D eigenvalue weighted by Crippen LogP contribution is 2.25. The second-order valence-electron chi connectivity index (χ2n) is 6.61. The van der Waals surface area contributed by atoms with Gasteiger partial charge in [0.2, 0.25) is 0 Å². The van der Waals surface area contributed by atoms with Gasteiger partial charge >= 0.3 is 11.7 Å². The third-order valence-corrected chi connectivity index (χ3v) is 4.46. The fourth-order valence-electron chi connectivity index (χ4n) is 2.98. The van der Waals surface area contributed by atoms with Gasteiger partial charge < -0.3 is 24.4 Å². The number of aryl methyl sites for hydroxylation is 2. The molecule has 148 valence electrons. The summed E-state index contributed by atoms with van der Waals surface area (Å²) < 4.78 is 12.1. The van der Waals surface area contributed by atoms with Gasteiger partial charge in [0.25, 0.3) is 0 Å². The molecule has 0 aliphatic rings. The zero-order valence-electron chi connectivity index (χ0n) is 16.3. The largest absolute Gasteiger partial charge is 0.423 e. The minimum atomic E-state index is -0.394. The van der Waals surface area contributed by atoms with E-state index < -0.39 is 5.63 Å². The van der Waals surface area contributed by atoms with Gasteiger partial charge in [-0.05, 0) is 44.0 Å². The first-order valence-corrected chi connectivity index (χ1v) is 8.88. The molecule has 2 aromatic heterocycles. The van der Waals surface area contributed by atoms with Crippen molar-refractivity contribution < 1.29 is 13.9 Å². The molecular weight excluding hydrogens is 362 g/mol. The molecule has 0 fully saturated rings. The number of benzene rings is 1. The maximum absolute atomic E-state index is 12.5. The molecule has 9 nitrogen and oxygen atoms in total. The summed E-state index contributed by atoms with van der Waals surface area (Å²) in [6.07, 6.45) is 1.61. The quantitative estimate of drug-likeness (QED) is 0.631. The van der Waals surface area contributed by atoms with Crippen molar-refractivity contribution in [2.24, 2.45) is 0 Å². The first-order chi connectivity index (χ1) is 13.4. The maximum Gasteiger partial charge on any atom is 0.336 e. The Balaban J connectivity index is 1.75. The SMILES string of the molecule is COCCn1cnnc1C(C)NC(=O)Nc1cc2c(C)cc(=O)oc2cc1C. The number of urea groups is 1. The smallest absolute Gasteiger partial charge is 0.336 e. The number of nitrogens with one attached hydrogen (secondary N) is 2. The Morgan fingerprint density at radius 2 is 2.07 bits per heavy atom. The highest BCUT2D eigenvalue weighted by Gasteiger charge is 2.16. The Morgan fingerprint density at radius 1 is 1.29 bits per heavy atom. The van der Waals surface area contributed by atoms with Crippen molar-refractivity contribution in [1.82, 2.24) is 20.1 Å². The van der Waals surface area contributed by atoms with Crippen LogP contribution in [0.5, 0.6) is 0 Å². The Bertz CT molecular complexity index is 1060. The molecule has 1 atom stereocenters. The summed E-state index contributed by atoms with van der Waals surface area (Å²) >= 11 is 0. The molecule has 0 bridgehead atoms. The minimum Gasteiger partial charge on any atom is -0.423 e. The lowest BCUT2D eigenvalue weighted by Crippen LogP contribution is -2.33. The lowest BCUT2D eigenvalue weighted by molar-refractivity contribution is 0.185. The summed E-state index contributed by atoms with van der Waals surface area (Å²) in [6, 6.07) is 4.25. The van der Waals surface area contributed by atoms with Crippen LogP contribution in [0.1, 0.15) is 29.9 Å². The van der Waals surface area contributed by atoms with Crippen molar-refractivity contribution in [2.75, 3.05) is 19.0 Å². The number of fused-ring (bicyclic) bond motifs is 1. The molecule has 2 heterocycles. The maximum atomic E-state index is 12.5. The predicted molar refractivity (Wildman–Crippen MR) is 104 cm³/mol. The lowest BCUT2D eigenvalue weighted by Gasteiger charge is -2.16. The summed E-state index contributed by atoms with van der Waals surface area (Å²) in [6.45, 7) is 6.62. The van der Waals surface area contributed by atoms with Crippen LogP contribution >= 0.6 is 0 Å². The van der Waals surface area contributed by atoms with Crippen LogP contribution in [-0.4, -0.2) is 34.5 Å². The molecule has 3 aromatic rings. The first-order valence-electron chi connectivity index (χ1n) is 8.88. The summed E-state index contributed by atoms with van der Waals surface area (Å²) in [5.74, 6) is 0.639. The van der Waals surface area contributed by atoms with Crippen molar-refractivity contribution in [1.29, 1.82) is 0 Å². The number of carbonyl (C=O) groups excluding carboxylic acids is 1. The fourth-order valence-corrected chi connectivity index (χ4v) is 2.98. The van der Waals surface area contributed by atoms with Crippen LogP contribution in [0.2, 0.25) is 0 Å². The topological polar surface area (TPSA) is 111 Å². The second kappa shape index (κ2) is 8.22. The van der Waals surface area contributed by atoms with E-state index in [1.165, 1.54) is 6.07 Å². The van der Waals surface area contributed by atoms with Gasteiger partial charge in [-0.2, -0.15) is 0 Å². The van der Waals surface area contributed by atoms with Gasteiger partial charge in [-0.1, -0.05) is 0 Å². The van der Waals surface area contributed by atoms with Crippen LogP contribution in [-0.2, 0) is 11.3 Å². The average Bonchev–Trinajstić information content (AvgIpc) is 3.09. The molecular formula is C19H23N5O4. The summed E-state index contributed by atoms with van der Waals surface area (Å²) in [5, 5.41) is 14.5. The zero-order valence-corrected chi connectivity index (χ0v) is 16.3. The molecule has 0 saturated carbocycles. The third kappa shape index (κ3) is 4.20. The third-order valence-electron chi connectivity index (χ3n) is 4.46. The highest BCUT2D eigenvalue weighted by atomic mass is 16.5. The van der Waals surface area contributed by atoms with E-state index >= 15 is 0 Å². The second-order valence-corrected chi connectivity index (χ2v) is 6.61. The van der Waals surface area contributed by atoms with Crippen LogP contribution in [0, 0.1) is 13.8 Å². The molecule has 2 amide bonds. The molecule has 9 heteroatoms. The lowest BCUT2D eigenvalue weighted by atomic mass is 10.1. The number of aromatic nitrogens is 3. The molecule has 1 aromatic carbocycles. The number of methoxy groups -OCH3 is 1. The summed E-state index contributed by atoms with van der Waals surface area (Å²) in [5.41, 5.74) is 2.30. The Labute approximate surface area is 161 Å². The van der Waals surface area contributed by atoms with E-state index in [1.54, 1.807) is 25.6 Å². The molecule has 0 aliphatic carbocycles. The number of hydrogen-bond acceptors (Lipinski definition) is 6. The van der Waals surface area contributed by atoms with Crippen LogP contribution in [0.15, 0.2) is 33.7 Å². The van der Waals surface area contributed by atoms with Crippen molar-refractivity contribution >= 4 is 22.7 Å². The number of nitrogens with zero attached hydrogens (tertiary/aromatic N) is 3. The molecule has 0 radical (unpaired) electrons. The molecule has 1 unspecified atom stereocenters. The summed E-state index contributed by atoms with van der Waals surface area (Å²) in [7, 11) is 1.62. The highest BCUT2D eigenvalue weighted by molar-refractivity contribution is 5.94. The van der Waals surface area contributed by atoms with Crippen molar-refractivity contribution in [3.63, 3.8) is 0 Å². The molecule has 28 heavy (non-hydrogen) atoms. The van der Waals surface area contributed by atoms with E-state index in [2.05, 4.69) is 20.8 Å². The van der Waals surface area contributed by atoms with E-state index in [0.717, 1.165) is 16.5 Å². The van der Waals surface area contributed by atoms with Crippen molar-refractivity contribution in [2.45, 2.75) is 33.4 Å². The Hall–Kier alpha value is -3.20. The predicted octanol–water partition coefficient (Wildman–Crippen LogP) is 2.53. The number of amides is 2. The van der Waals surface area contributed by atoms with Gasteiger partial charge in [-0.25, -0.2) is 9.59 Å². The van der Waals surface area contributed by atoms with Crippen LogP contribution in [0.4, 0.5) is 10.5 Å². The number of carbonyl (C=O) groups is 1. The van der Waals surface area contributed by atoms with Gasteiger partial charge in [0.15, 0.2) is 5.82 Å². The van der Waals surface area contributed by atoms with E-state index in [-0.39, 0.29) is 12.1 Å². The van der Waals surface area contributed by atoms with Crippen molar-refractivity contribution in [3.05, 3.63) is 51.9 Å². The Kier molecular flexibility index (Phi) is 5.74. The number of hydrogen-bond donors (Lipinski definition) is 2. The van der Waals surface area contributed by atoms with Crippen molar-refractivity contribution in [3.8, 4) is 0 Å². The van der Waals surface area contributed by atoms with E-state index in [1.807, 2.05) is 25.3 Å². The van der Waals surface area contributed by atoms with Gasteiger partial charge in [0.05, 0.1) is 12.6 Å². The number of rotatable bonds is 6. The van der Waals surface area contributed by atoms with E-state index in [0.29, 0.717) is 30.2 Å². The standard InChI is InChI=1S/C19H23N5O4/c1-11-8-17(25)28-16-7-12(2)15(9-14(11)16)22-19(26)21-13(3)18-23-20-10-24(18)5-6-27-4/h7-10,13H,5-6H2,1-4H3,(H2,21,22,26). The first kappa shape index (κ1) is 19.6. The Morgan fingerprint density at radius 3 is 2.82 bits per heavy atom. The average molecular weight is 385 g/mol.